The lowest BCUT2D eigenvalue weighted by molar-refractivity contribution is 0.190. The highest BCUT2D eigenvalue weighted by Crippen LogP contribution is 2.19. The Morgan fingerprint density at radius 3 is 3.00 bits per heavy atom. The van der Waals surface area contributed by atoms with E-state index in [4.69, 9.17) is 5.73 Å². The summed E-state index contributed by atoms with van der Waals surface area (Å²) in [6.07, 6.45) is -0.433. The predicted octanol–water partition coefficient (Wildman–Crippen LogP) is 0.504. The van der Waals surface area contributed by atoms with Gasteiger partial charge >= 0.3 is 0 Å². The van der Waals surface area contributed by atoms with Gasteiger partial charge in [-0.15, -0.1) is 11.3 Å². The minimum Gasteiger partial charge on any atom is -0.390 e. The zero-order chi connectivity index (χ0) is 8.97. The quantitative estimate of drug-likeness (QED) is 0.720. The summed E-state index contributed by atoms with van der Waals surface area (Å²) in [5.74, 6) is 0. The standard InChI is InChI=1S/C8H14N2OS/c1-10(6-7(11)5-9)8-3-2-4-12-8/h2-4,7,11H,5-6,9H2,1H3. The average molecular weight is 186 g/mol. The molecule has 4 heteroatoms. The zero-order valence-corrected chi connectivity index (χ0v) is 7.92. The molecule has 1 aromatic rings. The van der Waals surface area contributed by atoms with Crippen molar-refractivity contribution in [1.29, 1.82) is 0 Å². The van der Waals surface area contributed by atoms with E-state index in [1.165, 1.54) is 0 Å². The van der Waals surface area contributed by atoms with Crippen molar-refractivity contribution in [2.24, 2.45) is 5.73 Å². The highest BCUT2D eigenvalue weighted by molar-refractivity contribution is 7.14. The van der Waals surface area contributed by atoms with Crippen LogP contribution in [0.5, 0.6) is 0 Å². The van der Waals surface area contributed by atoms with Gasteiger partial charge in [0.15, 0.2) is 0 Å². The molecule has 0 aliphatic carbocycles. The molecule has 1 aromatic heterocycles. The molecule has 0 aliphatic rings. The third-order valence-electron chi connectivity index (χ3n) is 1.64. The fourth-order valence-electron chi connectivity index (χ4n) is 0.968. The number of aliphatic hydroxyl groups is 1. The van der Waals surface area contributed by atoms with Crippen LogP contribution in [0.4, 0.5) is 5.00 Å². The third-order valence-corrected chi connectivity index (χ3v) is 2.62. The zero-order valence-electron chi connectivity index (χ0n) is 7.10. The van der Waals surface area contributed by atoms with Gasteiger partial charge in [-0.2, -0.15) is 0 Å². The molecule has 1 heterocycles. The number of nitrogens with two attached hydrogens (primary N) is 1. The topological polar surface area (TPSA) is 49.5 Å². The molecule has 3 nitrogen and oxygen atoms in total. The van der Waals surface area contributed by atoms with Gasteiger partial charge in [0.1, 0.15) is 0 Å². The second-order valence-electron chi connectivity index (χ2n) is 2.72. The van der Waals surface area contributed by atoms with Crippen LogP contribution in [0.2, 0.25) is 0 Å². The summed E-state index contributed by atoms with van der Waals surface area (Å²) < 4.78 is 0. The lowest BCUT2D eigenvalue weighted by Gasteiger charge is -2.19. The molecular formula is C8H14N2OS. The van der Waals surface area contributed by atoms with Gasteiger partial charge in [0.05, 0.1) is 11.1 Å². The summed E-state index contributed by atoms with van der Waals surface area (Å²) in [5.41, 5.74) is 5.30. The highest BCUT2D eigenvalue weighted by Gasteiger charge is 2.06. The van der Waals surface area contributed by atoms with E-state index in [0.29, 0.717) is 13.1 Å². The molecule has 0 spiro atoms. The first-order valence-corrected chi connectivity index (χ1v) is 4.74. The fraction of sp³-hybridized carbons (Fsp3) is 0.500. The molecule has 0 aromatic carbocycles. The van der Waals surface area contributed by atoms with E-state index in [0.717, 1.165) is 5.00 Å². The van der Waals surface area contributed by atoms with Gasteiger partial charge in [-0.25, -0.2) is 0 Å². The number of rotatable bonds is 4. The van der Waals surface area contributed by atoms with E-state index < -0.39 is 6.10 Å². The summed E-state index contributed by atoms with van der Waals surface area (Å²) >= 11 is 1.66. The van der Waals surface area contributed by atoms with Crippen molar-refractivity contribution in [3.63, 3.8) is 0 Å². The average Bonchev–Trinajstić information content (AvgIpc) is 2.56. The molecule has 68 valence electrons. The van der Waals surface area contributed by atoms with Gasteiger partial charge < -0.3 is 15.7 Å². The van der Waals surface area contributed by atoms with Crippen LogP contribution in [0.1, 0.15) is 0 Å². The molecule has 1 atom stereocenters. The Morgan fingerprint density at radius 1 is 1.75 bits per heavy atom. The van der Waals surface area contributed by atoms with Crippen molar-refractivity contribution in [1.82, 2.24) is 0 Å². The first-order chi connectivity index (χ1) is 5.74. The van der Waals surface area contributed by atoms with Gasteiger partial charge in [0.2, 0.25) is 0 Å². The number of anilines is 1. The van der Waals surface area contributed by atoms with Crippen molar-refractivity contribution < 1.29 is 5.11 Å². The maximum absolute atomic E-state index is 9.27. The molecule has 12 heavy (non-hydrogen) atoms. The Balaban J connectivity index is 2.44. The minimum atomic E-state index is -0.433. The second kappa shape index (κ2) is 4.45. The predicted molar refractivity (Wildman–Crippen MR) is 52.7 cm³/mol. The molecule has 0 saturated carbocycles. The summed E-state index contributed by atoms with van der Waals surface area (Å²) in [6.45, 7) is 0.909. The van der Waals surface area contributed by atoms with Gasteiger partial charge in [-0.1, -0.05) is 0 Å². The summed E-state index contributed by atoms with van der Waals surface area (Å²) in [5, 5.41) is 12.4. The van der Waals surface area contributed by atoms with Gasteiger partial charge in [0.25, 0.3) is 0 Å². The molecule has 1 rings (SSSR count). The summed E-state index contributed by atoms with van der Waals surface area (Å²) in [6, 6.07) is 4.01. The smallest absolute Gasteiger partial charge is 0.0906 e. The van der Waals surface area contributed by atoms with E-state index in [2.05, 4.69) is 0 Å². The molecular weight excluding hydrogens is 172 g/mol. The van der Waals surface area contributed by atoms with Crippen molar-refractivity contribution in [2.45, 2.75) is 6.10 Å². The number of nitrogens with zero attached hydrogens (tertiary/aromatic N) is 1. The molecule has 3 N–H and O–H groups in total. The van der Waals surface area contributed by atoms with E-state index >= 15 is 0 Å². The summed E-state index contributed by atoms with van der Waals surface area (Å²) in [4.78, 5) is 2.00. The molecule has 0 fully saturated rings. The first-order valence-electron chi connectivity index (χ1n) is 3.87. The van der Waals surface area contributed by atoms with E-state index in [1.54, 1.807) is 11.3 Å². The Kier molecular flexibility index (Phi) is 3.52. The van der Waals surface area contributed by atoms with Crippen LogP contribution in [0.3, 0.4) is 0 Å². The van der Waals surface area contributed by atoms with Crippen LogP contribution in [0, 0.1) is 0 Å². The molecule has 0 amide bonds. The normalized spacial score (nSPS) is 12.9. The van der Waals surface area contributed by atoms with Gasteiger partial charge in [-0.05, 0) is 17.5 Å². The van der Waals surface area contributed by atoms with Crippen LogP contribution in [-0.2, 0) is 0 Å². The molecule has 0 radical (unpaired) electrons. The SMILES string of the molecule is CN(CC(O)CN)c1cccs1. The maximum Gasteiger partial charge on any atom is 0.0906 e. The lowest BCUT2D eigenvalue weighted by atomic mass is 10.3. The monoisotopic (exact) mass is 186 g/mol. The van der Waals surface area contributed by atoms with Crippen LogP contribution in [0.25, 0.3) is 0 Å². The van der Waals surface area contributed by atoms with E-state index in [9.17, 15) is 5.11 Å². The number of hydrogen-bond donors (Lipinski definition) is 2. The molecule has 1 unspecified atom stereocenters. The van der Waals surface area contributed by atoms with Gasteiger partial charge in [-0.3, -0.25) is 0 Å². The summed E-state index contributed by atoms with van der Waals surface area (Å²) in [7, 11) is 1.95. The van der Waals surface area contributed by atoms with E-state index in [1.807, 2.05) is 29.5 Å². The van der Waals surface area contributed by atoms with Crippen molar-refractivity contribution >= 4 is 16.3 Å². The lowest BCUT2D eigenvalue weighted by Crippen LogP contribution is -2.33. The fourth-order valence-corrected chi connectivity index (χ4v) is 1.68. The van der Waals surface area contributed by atoms with Crippen molar-refractivity contribution in [2.75, 3.05) is 25.0 Å². The van der Waals surface area contributed by atoms with Crippen molar-refractivity contribution in [3.8, 4) is 0 Å². The Labute approximate surface area is 76.4 Å². The molecule has 0 saturated heterocycles. The van der Waals surface area contributed by atoms with Crippen LogP contribution < -0.4 is 10.6 Å². The minimum absolute atomic E-state index is 0.315. The number of hydrogen-bond acceptors (Lipinski definition) is 4. The third kappa shape index (κ3) is 2.48. The Bertz CT molecular complexity index is 213. The number of aliphatic hydroxyl groups excluding tert-OH is 1. The van der Waals surface area contributed by atoms with Gasteiger partial charge in [0, 0.05) is 20.1 Å². The van der Waals surface area contributed by atoms with Crippen LogP contribution in [-0.4, -0.2) is 31.3 Å². The van der Waals surface area contributed by atoms with E-state index in [-0.39, 0.29) is 0 Å². The highest BCUT2D eigenvalue weighted by atomic mass is 32.1. The largest absolute Gasteiger partial charge is 0.390 e. The van der Waals surface area contributed by atoms with Crippen LogP contribution >= 0.6 is 11.3 Å². The Morgan fingerprint density at radius 2 is 2.50 bits per heavy atom. The number of likely N-dealkylation sites (N-methyl/N-ethyl adjacent to an activating group) is 1. The van der Waals surface area contributed by atoms with Crippen LogP contribution in [0.15, 0.2) is 17.5 Å². The second-order valence-corrected chi connectivity index (χ2v) is 3.65. The maximum atomic E-state index is 9.27. The first kappa shape index (κ1) is 9.51. The molecule has 0 aliphatic heterocycles. The Hall–Kier alpha value is -0.580. The number of thiophene rings is 1. The van der Waals surface area contributed by atoms with Crippen molar-refractivity contribution in [3.05, 3.63) is 17.5 Å². The molecule has 0 bridgehead atoms.